The lowest BCUT2D eigenvalue weighted by Gasteiger charge is -2.09. The first-order valence-electron chi connectivity index (χ1n) is 3.55. The second kappa shape index (κ2) is 3.52. The summed E-state index contributed by atoms with van der Waals surface area (Å²) in [6, 6.07) is 0. The van der Waals surface area contributed by atoms with Gasteiger partial charge < -0.3 is 4.74 Å². The second-order valence-electron chi connectivity index (χ2n) is 2.51. The van der Waals surface area contributed by atoms with E-state index < -0.39 is 0 Å². The van der Waals surface area contributed by atoms with Crippen molar-refractivity contribution in [2.75, 3.05) is 7.11 Å². The highest BCUT2D eigenvalue weighted by atomic mass is 16.5. The lowest BCUT2D eigenvalue weighted by Crippen LogP contribution is -2.12. The fourth-order valence-electron chi connectivity index (χ4n) is 1.09. The van der Waals surface area contributed by atoms with Gasteiger partial charge in [-0.2, -0.15) is 0 Å². The van der Waals surface area contributed by atoms with Crippen LogP contribution in [0.1, 0.15) is 19.3 Å². The number of ketones is 1. The van der Waals surface area contributed by atoms with Gasteiger partial charge in [0.1, 0.15) is 0 Å². The van der Waals surface area contributed by atoms with E-state index in [0.717, 1.165) is 12.8 Å². The van der Waals surface area contributed by atoms with Gasteiger partial charge >= 0.3 is 0 Å². The Hall–Kier alpha value is -0.630. The van der Waals surface area contributed by atoms with Crippen LogP contribution in [0.2, 0.25) is 0 Å². The molecule has 1 rings (SSSR count). The van der Waals surface area contributed by atoms with Crippen molar-refractivity contribution in [1.82, 2.24) is 0 Å². The van der Waals surface area contributed by atoms with Crippen LogP contribution >= 0.6 is 0 Å². The molecule has 0 aliphatic heterocycles. The molecule has 56 valence electrons. The molecule has 0 heterocycles. The molecule has 1 atom stereocenters. The largest absolute Gasteiger partial charge is 0.381 e. The van der Waals surface area contributed by atoms with E-state index in [1.807, 2.05) is 6.08 Å². The number of carbonyl (C=O) groups is 1. The Labute approximate surface area is 60.9 Å². The van der Waals surface area contributed by atoms with Crippen molar-refractivity contribution in [1.29, 1.82) is 0 Å². The van der Waals surface area contributed by atoms with Gasteiger partial charge in [0.05, 0.1) is 6.10 Å². The molecule has 1 aliphatic rings. The first-order chi connectivity index (χ1) is 4.83. The van der Waals surface area contributed by atoms with E-state index in [1.54, 1.807) is 13.2 Å². The zero-order valence-corrected chi connectivity index (χ0v) is 6.17. The van der Waals surface area contributed by atoms with Crippen LogP contribution in [0.3, 0.4) is 0 Å². The molecular formula is C8H12O2. The first kappa shape index (κ1) is 7.48. The minimum atomic E-state index is 0.141. The van der Waals surface area contributed by atoms with Crippen LogP contribution in [0.15, 0.2) is 12.2 Å². The van der Waals surface area contributed by atoms with E-state index in [2.05, 4.69) is 0 Å². The minimum absolute atomic E-state index is 0.141. The zero-order valence-electron chi connectivity index (χ0n) is 6.17. The van der Waals surface area contributed by atoms with Crippen molar-refractivity contribution in [3.05, 3.63) is 12.2 Å². The third kappa shape index (κ3) is 1.95. The highest BCUT2D eigenvalue weighted by molar-refractivity contribution is 5.90. The third-order valence-corrected chi connectivity index (χ3v) is 1.72. The van der Waals surface area contributed by atoms with Crippen LogP contribution in [0, 0.1) is 0 Å². The van der Waals surface area contributed by atoms with Gasteiger partial charge in [0.25, 0.3) is 0 Å². The average Bonchev–Trinajstić information content (AvgIpc) is 2.13. The van der Waals surface area contributed by atoms with E-state index in [0.29, 0.717) is 6.42 Å². The average molecular weight is 140 g/mol. The van der Waals surface area contributed by atoms with Crippen molar-refractivity contribution in [2.24, 2.45) is 0 Å². The molecule has 10 heavy (non-hydrogen) atoms. The second-order valence-corrected chi connectivity index (χ2v) is 2.51. The predicted molar refractivity (Wildman–Crippen MR) is 38.8 cm³/mol. The van der Waals surface area contributed by atoms with Crippen molar-refractivity contribution in [3.8, 4) is 0 Å². The summed E-state index contributed by atoms with van der Waals surface area (Å²) in [6.45, 7) is 0. The van der Waals surface area contributed by atoms with Gasteiger partial charge in [0.2, 0.25) is 0 Å². The monoisotopic (exact) mass is 140 g/mol. The molecule has 0 bridgehead atoms. The molecule has 0 saturated carbocycles. The molecule has 2 heteroatoms. The molecule has 0 radical (unpaired) electrons. The molecule has 2 nitrogen and oxygen atoms in total. The van der Waals surface area contributed by atoms with E-state index in [1.165, 1.54) is 0 Å². The van der Waals surface area contributed by atoms with E-state index >= 15 is 0 Å². The van der Waals surface area contributed by atoms with E-state index in [9.17, 15) is 4.79 Å². The standard InChI is InChI=1S/C8H12O2/c1-10-8-5-3-2-4-7(9)6-8/h2,4,8H,3,5-6H2,1H3. The Morgan fingerprint density at radius 3 is 3.20 bits per heavy atom. The van der Waals surface area contributed by atoms with Crippen LogP contribution in [-0.4, -0.2) is 19.0 Å². The highest BCUT2D eigenvalue weighted by Crippen LogP contribution is 2.11. The fourth-order valence-corrected chi connectivity index (χ4v) is 1.09. The molecule has 0 saturated heterocycles. The molecule has 0 aromatic heterocycles. The molecule has 1 aliphatic carbocycles. The summed E-state index contributed by atoms with van der Waals surface area (Å²) < 4.78 is 5.08. The van der Waals surface area contributed by atoms with Gasteiger partial charge in [-0.1, -0.05) is 6.08 Å². The Morgan fingerprint density at radius 2 is 2.50 bits per heavy atom. The smallest absolute Gasteiger partial charge is 0.157 e. The maximum atomic E-state index is 10.9. The van der Waals surface area contributed by atoms with Crippen LogP contribution in [0.25, 0.3) is 0 Å². The van der Waals surface area contributed by atoms with Gasteiger partial charge in [0.15, 0.2) is 5.78 Å². The van der Waals surface area contributed by atoms with Crippen LogP contribution in [0.4, 0.5) is 0 Å². The van der Waals surface area contributed by atoms with Gasteiger partial charge in [-0.3, -0.25) is 4.79 Å². The van der Waals surface area contributed by atoms with Crippen molar-refractivity contribution in [2.45, 2.75) is 25.4 Å². The molecule has 0 amide bonds. The van der Waals surface area contributed by atoms with Gasteiger partial charge in [0, 0.05) is 13.5 Å². The van der Waals surface area contributed by atoms with Crippen LogP contribution < -0.4 is 0 Å². The molecule has 0 spiro atoms. The molecular weight excluding hydrogens is 128 g/mol. The summed E-state index contributed by atoms with van der Waals surface area (Å²) in [5.41, 5.74) is 0. The number of allylic oxidation sites excluding steroid dienone is 2. The quantitative estimate of drug-likeness (QED) is 0.549. The SMILES string of the molecule is COC1CCC=CC(=O)C1. The molecule has 0 fully saturated rings. The molecule has 1 unspecified atom stereocenters. The summed E-state index contributed by atoms with van der Waals surface area (Å²) in [5, 5.41) is 0. The first-order valence-corrected chi connectivity index (χ1v) is 3.55. The minimum Gasteiger partial charge on any atom is -0.381 e. The summed E-state index contributed by atoms with van der Waals surface area (Å²) in [4.78, 5) is 10.9. The van der Waals surface area contributed by atoms with Crippen molar-refractivity contribution >= 4 is 5.78 Å². The number of hydrogen-bond donors (Lipinski definition) is 0. The lowest BCUT2D eigenvalue weighted by molar-refractivity contribution is -0.116. The van der Waals surface area contributed by atoms with Crippen molar-refractivity contribution < 1.29 is 9.53 Å². The fraction of sp³-hybridized carbons (Fsp3) is 0.625. The Balaban J connectivity index is 2.47. The van der Waals surface area contributed by atoms with Crippen molar-refractivity contribution in [3.63, 3.8) is 0 Å². The highest BCUT2D eigenvalue weighted by Gasteiger charge is 2.12. The summed E-state index contributed by atoms with van der Waals surface area (Å²) in [6.07, 6.45) is 6.19. The van der Waals surface area contributed by atoms with E-state index in [4.69, 9.17) is 4.74 Å². The number of carbonyl (C=O) groups excluding carboxylic acids is 1. The van der Waals surface area contributed by atoms with Gasteiger partial charge in [-0.15, -0.1) is 0 Å². The van der Waals surface area contributed by atoms with E-state index in [-0.39, 0.29) is 11.9 Å². The van der Waals surface area contributed by atoms with Crippen LogP contribution in [0.5, 0.6) is 0 Å². The summed E-state index contributed by atoms with van der Waals surface area (Å²) in [5.74, 6) is 0.185. The Bertz CT molecular complexity index is 149. The lowest BCUT2D eigenvalue weighted by atomic mass is 10.1. The third-order valence-electron chi connectivity index (χ3n) is 1.72. The van der Waals surface area contributed by atoms with Crippen LogP contribution in [-0.2, 0) is 9.53 Å². The number of rotatable bonds is 1. The molecule has 0 aromatic carbocycles. The normalized spacial score (nSPS) is 26.5. The zero-order chi connectivity index (χ0) is 7.40. The maximum absolute atomic E-state index is 10.9. The number of methoxy groups -OCH3 is 1. The number of ether oxygens (including phenoxy) is 1. The molecule has 0 N–H and O–H groups in total. The van der Waals surface area contributed by atoms with Gasteiger partial charge in [-0.25, -0.2) is 0 Å². The maximum Gasteiger partial charge on any atom is 0.157 e. The Kier molecular flexibility index (Phi) is 2.63. The molecule has 0 aromatic rings. The summed E-state index contributed by atoms with van der Waals surface area (Å²) in [7, 11) is 1.66. The van der Waals surface area contributed by atoms with Gasteiger partial charge in [-0.05, 0) is 18.9 Å². The Morgan fingerprint density at radius 1 is 1.70 bits per heavy atom. The predicted octanol–water partition coefficient (Wildman–Crippen LogP) is 1.31. The number of hydrogen-bond acceptors (Lipinski definition) is 2. The topological polar surface area (TPSA) is 26.3 Å². The summed E-state index contributed by atoms with van der Waals surface area (Å²) >= 11 is 0.